The van der Waals surface area contributed by atoms with Gasteiger partial charge in [0.25, 0.3) is 0 Å². The molecule has 1 atom stereocenters. The van der Waals surface area contributed by atoms with Crippen molar-refractivity contribution in [3.8, 4) is 11.8 Å². The first-order valence-electron chi connectivity index (χ1n) is 6.66. The SMILES string of the molecule is CCC(C#N)C(=O)NCc1ccc2c(c1)CCCO2. The number of nitrogens with zero attached hydrogens (tertiary/aromatic N) is 1. The normalized spacial score (nSPS) is 14.7. The van der Waals surface area contributed by atoms with Crippen LogP contribution in [0.3, 0.4) is 0 Å². The van der Waals surface area contributed by atoms with Crippen molar-refractivity contribution >= 4 is 5.91 Å². The van der Waals surface area contributed by atoms with Crippen LogP contribution in [0.2, 0.25) is 0 Å². The number of amides is 1. The fraction of sp³-hybridized carbons (Fsp3) is 0.467. The van der Waals surface area contributed by atoms with Gasteiger partial charge in [-0.2, -0.15) is 5.26 Å². The summed E-state index contributed by atoms with van der Waals surface area (Å²) in [4.78, 5) is 11.7. The maximum Gasteiger partial charge on any atom is 0.237 e. The summed E-state index contributed by atoms with van der Waals surface area (Å²) in [6.45, 7) is 3.08. The first-order valence-corrected chi connectivity index (χ1v) is 6.66. The van der Waals surface area contributed by atoms with Crippen molar-refractivity contribution in [3.63, 3.8) is 0 Å². The first-order chi connectivity index (χ1) is 9.24. The second-order valence-corrected chi connectivity index (χ2v) is 4.70. The molecule has 0 aliphatic carbocycles. The quantitative estimate of drug-likeness (QED) is 0.900. The number of carbonyl (C=O) groups excluding carboxylic acids is 1. The number of rotatable bonds is 4. The summed E-state index contributed by atoms with van der Waals surface area (Å²) in [5.74, 6) is 0.199. The minimum absolute atomic E-state index is 0.195. The third-order valence-electron chi connectivity index (χ3n) is 3.32. The van der Waals surface area contributed by atoms with Gasteiger partial charge in [0.05, 0.1) is 12.7 Å². The number of ether oxygens (including phenoxy) is 1. The van der Waals surface area contributed by atoms with E-state index < -0.39 is 5.92 Å². The topological polar surface area (TPSA) is 62.1 Å². The van der Waals surface area contributed by atoms with Crippen molar-refractivity contribution in [1.82, 2.24) is 5.32 Å². The summed E-state index contributed by atoms with van der Waals surface area (Å²) in [7, 11) is 0. The Morgan fingerprint density at radius 1 is 1.58 bits per heavy atom. The zero-order valence-corrected chi connectivity index (χ0v) is 11.1. The van der Waals surface area contributed by atoms with Crippen LogP contribution in [0.25, 0.3) is 0 Å². The Kier molecular flexibility index (Phi) is 4.40. The molecule has 2 rings (SSSR count). The van der Waals surface area contributed by atoms with Gasteiger partial charge < -0.3 is 10.1 Å². The standard InChI is InChI=1S/C15H18N2O2/c1-2-12(9-16)15(18)17-10-11-5-6-14-13(8-11)4-3-7-19-14/h5-6,8,12H,2-4,7,10H2,1H3,(H,17,18). The number of benzene rings is 1. The Morgan fingerprint density at radius 2 is 2.42 bits per heavy atom. The van der Waals surface area contributed by atoms with Gasteiger partial charge in [0.1, 0.15) is 11.7 Å². The smallest absolute Gasteiger partial charge is 0.237 e. The Labute approximate surface area is 113 Å². The van der Waals surface area contributed by atoms with Crippen LogP contribution in [0.15, 0.2) is 18.2 Å². The van der Waals surface area contributed by atoms with Crippen LogP contribution in [0.1, 0.15) is 30.9 Å². The van der Waals surface area contributed by atoms with Crippen molar-refractivity contribution in [2.24, 2.45) is 5.92 Å². The molecule has 0 aromatic heterocycles. The molecule has 0 spiro atoms. The lowest BCUT2D eigenvalue weighted by molar-refractivity contribution is -0.123. The van der Waals surface area contributed by atoms with Crippen LogP contribution in [0.4, 0.5) is 0 Å². The van der Waals surface area contributed by atoms with Crippen LogP contribution < -0.4 is 10.1 Å². The minimum atomic E-state index is -0.555. The number of nitrogens with one attached hydrogen (secondary N) is 1. The highest BCUT2D eigenvalue weighted by Crippen LogP contribution is 2.25. The Bertz CT molecular complexity index is 505. The van der Waals surface area contributed by atoms with Gasteiger partial charge in [0.15, 0.2) is 0 Å². The number of hydrogen-bond acceptors (Lipinski definition) is 3. The number of nitriles is 1. The predicted octanol–water partition coefficient (Wildman–Crippen LogP) is 2.18. The van der Waals surface area contributed by atoms with Gasteiger partial charge >= 0.3 is 0 Å². The van der Waals surface area contributed by atoms with Crippen LogP contribution in [-0.2, 0) is 17.8 Å². The molecular formula is C15H18N2O2. The average Bonchev–Trinajstić information content (AvgIpc) is 2.46. The second-order valence-electron chi connectivity index (χ2n) is 4.70. The Hall–Kier alpha value is -2.02. The average molecular weight is 258 g/mol. The van der Waals surface area contributed by atoms with E-state index in [1.165, 1.54) is 5.56 Å². The van der Waals surface area contributed by atoms with Gasteiger partial charge in [-0.05, 0) is 36.5 Å². The fourth-order valence-electron chi connectivity index (χ4n) is 2.17. The van der Waals surface area contributed by atoms with Crippen molar-refractivity contribution < 1.29 is 9.53 Å². The molecule has 100 valence electrons. The molecule has 1 aliphatic rings. The van der Waals surface area contributed by atoms with Crippen molar-refractivity contribution in [1.29, 1.82) is 5.26 Å². The van der Waals surface area contributed by atoms with E-state index in [1.54, 1.807) is 0 Å². The molecule has 1 amide bonds. The Balaban J connectivity index is 1.97. The van der Waals surface area contributed by atoms with E-state index in [0.717, 1.165) is 30.8 Å². The lowest BCUT2D eigenvalue weighted by atomic mass is 10.0. The molecule has 0 saturated heterocycles. The fourth-order valence-corrected chi connectivity index (χ4v) is 2.17. The van der Waals surface area contributed by atoms with Gasteiger partial charge in [0, 0.05) is 6.54 Å². The summed E-state index contributed by atoms with van der Waals surface area (Å²) in [6.07, 6.45) is 2.60. The number of aryl methyl sites for hydroxylation is 1. The molecule has 0 saturated carbocycles. The van der Waals surface area contributed by atoms with Crippen LogP contribution >= 0.6 is 0 Å². The predicted molar refractivity (Wildman–Crippen MR) is 71.5 cm³/mol. The molecule has 1 unspecified atom stereocenters. The minimum Gasteiger partial charge on any atom is -0.493 e. The molecule has 1 N–H and O–H groups in total. The highest BCUT2D eigenvalue weighted by atomic mass is 16.5. The maximum atomic E-state index is 11.7. The lowest BCUT2D eigenvalue weighted by Gasteiger charge is -2.18. The van der Waals surface area contributed by atoms with Gasteiger partial charge in [-0.25, -0.2) is 0 Å². The summed E-state index contributed by atoms with van der Waals surface area (Å²) < 4.78 is 5.55. The van der Waals surface area contributed by atoms with Crippen molar-refractivity contribution in [2.75, 3.05) is 6.61 Å². The van der Waals surface area contributed by atoms with E-state index in [9.17, 15) is 4.79 Å². The maximum absolute atomic E-state index is 11.7. The molecule has 4 heteroatoms. The molecule has 1 aromatic carbocycles. The van der Waals surface area contributed by atoms with Crippen LogP contribution in [0, 0.1) is 17.2 Å². The van der Waals surface area contributed by atoms with E-state index in [4.69, 9.17) is 10.00 Å². The van der Waals surface area contributed by atoms with Gasteiger partial charge in [-0.15, -0.1) is 0 Å². The lowest BCUT2D eigenvalue weighted by Crippen LogP contribution is -2.29. The molecule has 1 aromatic rings. The highest BCUT2D eigenvalue weighted by Gasteiger charge is 2.15. The molecule has 0 bridgehead atoms. The van der Waals surface area contributed by atoms with E-state index in [2.05, 4.69) is 11.4 Å². The van der Waals surface area contributed by atoms with E-state index >= 15 is 0 Å². The molecule has 1 heterocycles. The van der Waals surface area contributed by atoms with Crippen LogP contribution in [-0.4, -0.2) is 12.5 Å². The van der Waals surface area contributed by atoms with Crippen LogP contribution in [0.5, 0.6) is 5.75 Å². The van der Waals surface area contributed by atoms with Crippen molar-refractivity contribution in [2.45, 2.75) is 32.7 Å². The highest BCUT2D eigenvalue weighted by molar-refractivity contribution is 5.80. The van der Waals surface area contributed by atoms with E-state index in [-0.39, 0.29) is 5.91 Å². The summed E-state index contributed by atoms with van der Waals surface area (Å²) >= 11 is 0. The first kappa shape index (κ1) is 13.4. The van der Waals surface area contributed by atoms with Gasteiger partial charge in [-0.1, -0.05) is 19.1 Å². The monoisotopic (exact) mass is 258 g/mol. The van der Waals surface area contributed by atoms with Gasteiger partial charge in [0.2, 0.25) is 5.91 Å². The third-order valence-corrected chi connectivity index (χ3v) is 3.32. The zero-order chi connectivity index (χ0) is 13.7. The number of carbonyl (C=O) groups is 1. The summed E-state index contributed by atoms with van der Waals surface area (Å²) in [6, 6.07) is 7.99. The molecule has 0 radical (unpaired) electrons. The van der Waals surface area contributed by atoms with E-state index in [0.29, 0.717) is 13.0 Å². The third kappa shape index (κ3) is 3.25. The summed E-state index contributed by atoms with van der Waals surface area (Å²) in [5.41, 5.74) is 2.25. The molecule has 0 fully saturated rings. The number of fused-ring (bicyclic) bond motifs is 1. The van der Waals surface area contributed by atoms with E-state index in [1.807, 2.05) is 25.1 Å². The molecular weight excluding hydrogens is 240 g/mol. The second kappa shape index (κ2) is 6.24. The van der Waals surface area contributed by atoms with Gasteiger partial charge in [-0.3, -0.25) is 4.79 Å². The van der Waals surface area contributed by atoms with Crippen molar-refractivity contribution in [3.05, 3.63) is 29.3 Å². The molecule has 1 aliphatic heterocycles. The number of hydrogen-bond donors (Lipinski definition) is 1. The molecule has 19 heavy (non-hydrogen) atoms. The molecule has 4 nitrogen and oxygen atoms in total. The zero-order valence-electron chi connectivity index (χ0n) is 11.1. The summed E-state index contributed by atoms with van der Waals surface area (Å²) in [5, 5.41) is 11.6. The Morgan fingerprint density at radius 3 is 3.16 bits per heavy atom. The largest absolute Gasteiger partial charge is 0.493 e.